The number of aliphatic hydroxyl groups excluding tert-OH is 1. The fourth-order valence-corrected chi connectivity index (χ4v) is 2.06. The van der Waals surface area contributed by atoms with E-state index in [1.54, 1.807) is 25.6 Å². The Bertz CT molecular complexity index is 618. The Kier molecular flexibility index (Phi) is 4.48. The summed E-state index contributed by atoms with van der Waals surface area (Å²) in [5, 5.41) is 9.38. The molecule has 1 aromatic carbocycles. The van der Waals surface area contributed by atoms with Gasteiger partial charge in [-0.1, -0.05) is 20.8 Å². The summed E-state index contributed by atoms with van der Waals surface area (Å²) < 4.78 is 11.3. The third-order valence-electron chi connectivity index (χ3n) is 3.26. The zero-order valence-corrected chi connectivity index (χ0v) is 12.9. The highest BCUT2D eigenvalue weighted by Gasteiger charge is 2.21. The van der Waals surface area contributed by atoms with Gasteiger partial charge in [-0.25, -0.2) is 0 Å². The molecule has 0 radical (unpaired) electrons. The predicted molar refractivity (Wildman–Crippen MR) is 81.9 cm³/mol. The van der Waals surface area contributed by atoms with E-state index in [0.29, 0.717) is 11.3 Å². The third-order valence-corrected chi connectivity index (χ3v) is 3.26. The number of nitrogens with zero attached hydrogens (tertiary/aromatic N) is 1. The van der Waals surface area contributed by atoms with E-state index in [-0.39, 0.29) is 12.0 Å². The summed E-state index contributed by atoms with van der Waals surface area (Å²) in [6.45, 7) is 6.26. The molecule has 1 aromatic heterocycles. The molecule has 4 nitrogen and oxygen atoms in total. The molecule has 1 heterocycles. The van der Waals surface area contributed by atoms with E-state index in [9.17, 15) is 5.11 Å². The van der Waals surface area contributed by atoms with Crippen molar-refractivity contribution in [3.63, 3.8) is 0 Å². The Balaban J connectivity index is 2.44. The Morgan fingerprint density at radius 1 is 1.14 bits per heavy atom. The summed E-state index contributed by atoms with van der Waals surface area (Å²) in [4.78, 5) is 4.05. The lowest BCUT2D eigenvalue weighted by molar-refractivity contribution is 0.276. The predicted octanol–water partition coefficient (Wildman–Crippen LogP) is 3.67. The summed E-state index contributed by atoms with van der Waals surface area (Å²) in [5.41, 5.74) is 1.65. The molecule has 0 aliphatic heterocycles. The number of methoxy groups -OCH3 is 1. The zero-order valence-electron chi connectivity index (χ0n) is 12.9. The van der Waals surface area contributed by atoms with E-state index in [0.717, 1.165) is 17.1 Å². The van der Waals surface area contributed by atoms with Crippen LogP contribution in [0.4, 0.5) is 0 Å². The molecule has 21 heavy (non-hydrogen) atoms. The summed E-state index contributed by atoms with van der Waals surface area (Å²) in [6, 6.07) is 7.47. The maximum atomic E-state index is 9.38. The number of hydrogen-bond donors (Lipinski definition) is 1. The first-order valence-electron chi connectivity index (χ1n) is 6.86. The molecule has 1 N–H and O–H groups in total. The molecule has 0 amide bonds. The van der Waals surface area contributed by atoms with Crippen LogP contribution in [-0.2, 0) is 12.0 Å². The Labute approximate surface area is 125 Å². The van der Waals surface area contributed by atoms with E-state index in [4.69, 9.17) is 9.47 Å². The molecule has 0 fully saturated rings. The minimum Gasteiger partial charge on any atom is -0.497 e. The highest BCUT2D eigenvalue weighted by atomic mass is 16.5. The molecule has 0 unspecified atom stereocenters. The molecular weight excluding hydrogens is 266 g/mol. The van der Waals surface area contributed by atoms with E-state index < -0.39 is 0 Å². The average molecular weight is 287 g/mol. The van der Waals surface area contributed by atoms with Crippen LogP contribution in [-0.4, -0.2) is 17.2 Å². The lowest BCUT2D eigenvalue weighted by Gasteiger charge is -2.23. The molecule has 0 saturated carbocycles. The number of hydrogen-bond acceptors (Lipinski definition) is 4. The quantitative estimate of drug-likeness (QED) is 0.932. The number of aliphatic hydroxyl groups is 1. The fraction of sp³-hybridized carbons (Fsp3) is 0.353. The zero-order chi connectivity index (χ0) is 15.5. The van der Waals surface area contributed by atoms with Gasteiger partial charge in [0, 0.05) is 17.3 Å². The van der Waals surface area contributed by atoms with E-state index >= 15 is 0 Å². The molecule has 2 aromatic rings. The minimum absolute atomic E-state index is 0.0845. The average Bonchev–Trinajstić information content (AvgIpc) is 2.47. The lowest BCUT2D eigenvalue weighted by Crippen LogP contribution is -2.13. The van der Waals surface area contributed by atoms with Gasteiger partial charge in [0.25, 0.3) is 0 Å². The smallest absolute Gasteiger partial charge is 0.151 e. The van der Waals surface area contributed by atoms with Crippen LogP contribution in [0.25, 0.3) is 0 Å². The van der Waals surface area contributed by atoms with Gasteiger partial charge < -0.3 is 14.6 Å². The molecule has 0 atom stereocenters. The van der Waals surface area contributed by atoms with Crippen LogP contribution in [0, 0.1) is 0 Å². The summed E-state index contributed by atoms with van der Waals surface area (Å²) >= 11 is 0. The second-order valence-corrected chi connectivity index (χ2v) is 5.86. The van der Waals surface area contributed by atoms with Crippen LogP contribution in [0.1, 0.15) is 31.9 Å². The molecule has 2 rings (SSSR count). The third kappa shape index (κ3) is 3.52. The van der Waals surface area contributed by atoms with Gasteiger partial charge in [0.15, 0.2) is 5.75 Å². The standard InChI is InChI=1S/C17H21NO3/c1-17(2,3)14-9-13(20-4)5-6-15(14)21-16-10-18-8-7-12(16)11-19/h5-10,19H,11H2,1-4H3. The lowest BCUT2D eigenvalue weighted by atomic mass is 9.86. The van der Waals surface area contributed by atoms with Crippen molar-refractivity contribution in [1.82, 2.24) is 4.98 Å². The van der Waals surface area contributed by atoms with Gasteiger partial charge in [0.05, 0.1) is 19.9 Å². The molecular formula is C17H21NO3. The molecule has 0 spiro atoms. The normalized spacial score (nSPS) is 11.3. The Morgan fingerprint density at radius 3 is 2.52 bits per heavy atom. The van der Waals surface area contributed by atoms with Gasteiger partial charge in [-0.05, 0) is 29.7 Å². The molecule has 0 bridgehead atoms. The van der Waals surface area contributed by atoms with E-state index in [1.807, 2.05) is 18.2 Å². The summed E-state index contributed by atoms with van der Waals surface area (Å²) in [5.74, 6) is 2.10. The summed E-state index contributed by atoms with van der Waals surface area (Å²) in [6.07, 6.45) is 3.25. The topological polar surface area (TPSA) is 51.6 Å². The largest absolute Gasteiger partial charge is 0.497 e. The van der Waals surface area contributed by atoms with Crippen molar-refractivity contribution < 1.29 is 14.6 Å². The first kappa shape index (κ1) is 15.3. The maximum Gasteiger partial charge on any atom is 0.151 e. The van der Waals surface area contributed by atoms with Gasteiger partial charge in [0.1, 0.15) is 11.5 Å². The number of benzene rings is 1. The number of rotatable bonds is 4. The highest BCUT2D eigenvalue weighted by molar-refractivity contribution is 5.46. The van der Waals surface area contributed by atoms with E-state index in [1.165, 1.54) is 0 Å². The van der Waals surface area contributed by atoms with Crippen LogP contribution in [0.2, 0.25) is 0 Å². The Hall–Kier alpha value is -2.07. The molecule has 0 aliphatic rings. The first-order chi connectivity index (χ1) is 9.95. The van der Waals surface area contributed by atoms with Crippen LogP contribution < -0.4 is 9.47 Å². The molecule has 0 saturated heterocycles. The van der Waals surface area contributed by atoms with Crippen molar-refractivity contribution in [1.29, 1.82) is 0 Å². The van der Waals surface area contributed by atoms with Gasteiger partial charge in [-0.15, -0.1) is 0 Å². The molecule has 112 valence electrons. The van der Waals surface area contributed by atoms with Crippen molar-refractivity contribution in [2.24, 2.45) is 0 Å². The molecule has 0 aliphatic carbocycles. The van der Waals surface area contributed by atoms with Gasteiger partial charge in [0.2, 0.25) is 0 Å². The van der Waals surface area contributed by atoms with Crippen LogP contribution in [0.15, 0.2) is 36.7 Å². The first-order valence-corrected chi connectivity index (χ1v) is 6.86. The Morgan fingerprint density at radius 2 is 1.90 bits per heavy atom. The second-order valence-electron chi connectivity index (χ2n) is 5.86. The summed E-state index contributed by atoms with van der Waals surface area (Å²) in [7, 11) is 1.65. The maximum absolute atomic E-state index is 9.38. The van der Waals surface area contributed by atoms with E-state index in [2.05, 4.69) is 25.8 Å². The van der Waals surface area contributed by atoms with Crippen LogP contribution in [0.5, 0.6) is 17.2 Å². The second kappa shape index (κ2) is 6.14. The van der Waals surface area contributed by atoms with Crippen molar-refractivity contribution in [2.45, 2.75) is 32.8 Å². The van der Waals surface area contributed by atoms with Crippen molar-refractivity contribution in [3.05, 3.63) is 47.8 Å². The highest BCUT2D eigenvalue weighted by Crippen LogP contribution is 2.37. The number of pyridine rings is 1. The fourth-order valence-electron chi connectivity index (χ4n) is 2.06. The number of ether oxygens (including phenoxy) is 2. The van der Waals surface area contributed by atoms with Crippen LogP contribution >= 0.6 is 0 Å². The monoisotopic (exact) mass is 287 g/mol. The van der Waals surface area contributed by atoms with Crippen molar-refractivity contribution >= 4 is 0 Å². The minimum atomic E-state index is -0.0918. The number of aromatic nitrogens is 1. The molecule has 4 heteroatoms. The van der Waals surface area contributed by atoms with Gasteiger partial charge in [-0.2, -0.15) is 0 Å². The van der Waals surface area contributed by atoms with Gasteiger partial charge >= 0.3 is 0 Å². The van der Waals surface area contributed by atoms with Crippen molar-refractivity contribution in [3.8, 4) is 17.2 Å². The van der Waals surface area contributed by atoms with Crippen LogP contribution in [0.3, 0.4) is 0 Å². The van der Waals surface area contributed by atoms with Gasteiger partial charge in [-0.3, -0.25) is 4.98 Å². The van der Waals surface area contributed by atoms with Crippen molar-refractivity contribution in [2.75, 3.05) is 7.11 Å². The SMILES string of the molecule is COc1ccc(Oc2cnccc2CO)c(C(C)(C)C)c1.